The summed E-state index contributed by atoms with van der Waals surface area (Å²) >= 11 is 1.55. The van der Waals surface area contributed by atoms with Crippen LogP contribution in [0.15, 0.2) is 6.20 Å². The molecule has 0 fully saturated rings. The van der Waals surface area contributed by atoms with Crippen LogP contribution < -0.4 is 0 Å². The standard InChI is InChI=1S/C10H15N5O2S2/c1-7-5-11-8(18-7)6-15-13-9(12-14-15)10(2,3)19(4,16)17/h5H,6H2,1-4H3. The molecule has 0 unspecified atom stereocenters. The summed E-state index contributed by atoms with van der Waals surface area (Å²) in [6, 6.07) is 0. The zero-order chi connectivity index (χ0) is 14.3. The van der Waals surface area contributed by atoms with Crippen LogP contribution in [0.3, 0.4) is 0 Å². The van der Waals surface area contributed by atoms with Gasteiger partial charge in [-0.3, -0.25) is 0 Å². The molecule has 2 aromatic heterocycles. The Morgan fingerprint density at radius 3 is 2.63 bits per heavy atom. The Labute approximate surface area is 115 Å². The summed E-state index contributed by atoms with van der Waals surface area (Å²) in [6.45, 7) is 5.49. The predicted octanol–water partition coefficient (Wildman–Crippen LogP) is 0.766. The third kappa shape index (κ3) is 2.81. The Morgan fingerprint density at radius 1 is 1.42 bits per heavy atom. The van der Waals surface area contributed by atoms with Crippen molar-refractivity contribution in [3.8, 4) is 0 Å². The lowest BCUT2D eigenvalue weighted by atomic mass is 10.2. The van der Waals surface area contributed by atoms with E-state index in [2.05, 4.69) is 20.4 Å². The zero-order valence-corrected chi connectivity index (χ0v) is 12.8. The van der Waals surface area contributed by atoms with Crippen molar-refractivity contribution in [1.82, 2.24) is 25.2 Å². The van der Waals surface area contributed by atoms with E-state index in [0.29, 0.717) is 6.54 Å². The molecule has 2 aromatic rings. The highest BCUT2D eigenvalue weighted by Crippen LogP contribution is 2.25. The molecule has 0 spiro atoms. The molecule has 0 N–H and O–H groups in total. The summed E-state index contributed by atoms with van der Waals surface area (Å²) in [5, 5.41) is 12.7. The van der Waals surface area contributed by atoms with Crippen LogP contribution in [0.1, 0.15) is 29.6 Å². The van der Waals surface area contributed by atoms with Crippen LogP contribution in [0.2, 0.25) is 0 Å². The molecule has 0 amide bonds. The molecule has 19 heavy (non-hydrogen) atoms. The second kappa shape index (κ2) is 4.64. The molecule has 0 aliphatic rings. The van der Waals surface area contributed by atoms with Crippen molar-refractivity contribution in [1.29, 1.82) is 0 Å². The molecule has 0 saturated heterocycles. The molecule has 0 bridgehead atoms. The van der Waals surface area contributed by atoms with Gasteiger partial charge < -0.3 is 0 Å². The van der Waals surface area contributed by atoms with E-state index in [9.17, 15) is 8.42 Å². The first-order chi connectivity index (χ1) is 8.70. The van der Waals surface area contributed by atoms with Crippen molar-refractivity contribution in [2.45, 2.75) is 32.1 Å². The highest BCUT2D eigenvalue weighted by molar-refractivity contribution is 7.91. The Hall–Kier alpha value is -1.35. The van der Waals surface area contributed by atoms with Gasteiger partial charge in [0.25, 0.3) is 0 Å². The Bertz CT molecular complexity index is 686. The molecule has 0 aliphatic carbocycles. The maximum absolute atomic E-state index is 11.7. The molecule has 9 heteroatoms. The van der Waals surface area contributed by atoms with E-state index >= 15 is 0 Å². The molecule has 0 radical (unpaired) electrons. The molecule has 2 rings (SSSR count). The fraction of sp³-hybridized carbons (Fsp3) is 0.600. The smallest absolute Gasteiger partial charge is 0.195 e. The largest absolute Gasteiger partial charge is 0.247 e. The van der Waals surface area contributed by atoms with Gasteiger partial charge in [-0.1, -0.05) is 0 Å². The second-order valence-corrected chi connectivity index (χ2v) is 8.67. The maximum atomic E-state index is 11.7. The van der Waals surface area contributed by atoms with E-state index in [1.165, 1.54) is 4.80 Å². The van der Waals surface area contributed by atoms with E-state index in [1.54, 1.807) is 31.4 Å². The Morgan fingerprint density at radius 2 is 2.11 bits per heavy atom. The van der Waals surface area contributed by atoms with Crippen molar-refractivity contribution < 1.29 is 8.42 Å². The van der Waals surface area contributed by atoms with Crippen LogP contribution in [0.5, 0.6) is 0 Å². The minimum absolute atomic E-state index is 0.197. The molecule has 0 saturated carbocycles. The van der Waals surface area contributed by atoms with Gasteiger partial charge in [0.05, 0.1) is 0 Å². The highest BCUT2D eigenvalue weighted by Gasteiger charge is 2.37. The van der Waals surface area contributed by atoms with Gasteiger partial charge in [0.2, 0.25) is 0 Å². The van der Waals surface area contributed by atoms with E-state index in [0.717, 1.165) is 16.1 Å². The number of thiazole rings is 1. The number of tetrazole rings is 1. The minimum Gasteiger partial charge on any atom is -0.247 e. The average molecular weight is 301 g/mol. The van der Waals surface area contributed by atoms with Crippen molar-refractivity contribution >= 4 is 21.2 Å². The first-order valence-corrected chi connectivity index (χ1v) is 8.30. The second-order valence-electron chi connectivity index (χ2n) is 4.79. The van der Waals surface area contributed by atoms with E-state index in [-0.39, 0.29) is 5.82 Å². The van der Waals surface area contributed by atoms with Crippen LogP contribution >= 0.6 is 11.3 Å². The third-order valence-corrected chi connectivity index (χ3v) is 5.80. The predicted molar refractivity (Wildman–Crippen MR) is 71.6 cm³/mol. The third-order valence-electron chi connectivity index (χ3n) is 2.86. The van der Waals surface area contributed by atoms with Crippen LogP contribution in [0.4, 0.5) is 0 Å². The van der Waals surface area contributed by atoms with Crippen LogP contribution in [0, 0.1) is 6.92 Å². The summed E-state index contributed by atoms with van der Waals surface area (Å²) < 4.78 is 22.2. The van der Waals surface area contributed by atoms with Gasteiger partial charge in [-0.25, -0.2) is 13.4 Å². The van der Waals surface area contributed by atoms with Gasteiger partial charge in [0.1, 0.15) is 16.3 Å². The summed E-state index contributed by atoms with van der Waals surface area (Å²) in [6.07, 6.45) is 2.94. The Balaban J connectivity index is 2.25. The summed E-state index contributed by atoms with van der Waals surface area (Å²) in [4.78, 5) is 6.67. The van der Waals surface area contributed by atoms with E-state index in [1.807, 2.05) is 6.92 Å². The summed E-state index contributed by atoms with van der Waals surface area (Å²) in [7, 11) is -3.30. The minimum atomic E-state index is -3.30. The van der Waals surface area contributed by atoms with Crippen LogP contribution in [-0.4, -0.2) is 39.9 Å². The number of hydrogen-bond acceptors (Lipinski definition) is 7. The number of sulfone groups is 1. The van der Waals surface area contributed by atoms with E-state index < -0.39 is 14.6 Å². The summed E-state index contributed by atoms with van der Waals surface area (Å²) in [5.41, 5.74) is 0. The molecule has 0 aromatic carbocycles. The normalized spacial score (nSPS) is 12.8. The number of aromatic nitrogens is 5. The quantitative estimate of drug-likeness (QED) is 0.828. The van der Waals surface area contributed by atoms with Crippen molar-refractivity contribution in [3.63, 3.8) is 0 Å². The van der Waals surface area contributed by atoms with Gasteiger partial charge >= 0.3 is 0 Å². The van der Waals surface area contributed by atoms with E-state index in [4.69, 9.17) is 0 Å². The SMILES string of the molecule is Cc1cnc(Cn2nnc(C(C)(C)S(C)(=O)=O)n2)s1. The molecular formula is C10H15N5O2S2. The van der Waals surface area contributed by atoms with Crippen LogP contribution in [0.25, 0.3) is 0 Å². The highest BCUT2D eigenvalue weighted by atomic mass is 32.2. The fourth-order valence-electron chi connectivity index (χ4n) is 1.31. The average Bonchev–Trinajstić information content (AvgIpc) is 2.87. The lowest BCUT2D eigenvalue weighted by Gasteiger charge is -2.17. The lowest BCUT2D eigenvalue weighted by molar-refractivity contribution is 0.541. The van der Waals surface area contributed by atoms with Crippen molar-refractivity contribution in [3.05, 3.63) is 21.9 Å². The van der Waals surface area contributed by atoms with Crippen LogP contribution in [-0.2, 0) is 21.1 Å². The number of hydrogen-bond donors (Lipinski definition) is 0. The molecule has 2 heterocycles. The first kappa shape index (κ1) is 14.1. The van der Waals surface area contributed by atoms with Gasteiger partial charge in [0, 0.05) is 17.3 Å². The molecule has 0 atom stereocenters. The fourth-order valence-corrected chi connectivity index (χ4v) is 2.49. The Kier molecular flexibility index (Phi) is 3.43. The number of nitrogens with zero attached hydrogens (tertiary/aromatic N) is 5. The van der Waals surface area contributed by atoms with Gasteiger partial charge in [0.15, 0.2) is 15.7 Å². The first-order valence-electron chi connectivity index (χ1n) is 5.59. The number of aryl methyl sites for hydroxylation is 1. The van der Waals surface area contributed by atoms with Gasteiger partial charge in [-0.2, -0.15) is 4.80 Å². The number of rotatable bonds is 4. The molecule has 0 aliphatic heterocycles. The van der Waals surface area contributed by atoms with Crippen molar-refractivity contribution in [2.24, 2.45) is 0 Å². The lowest BCUT2D eigenvalue weighted by Crippen LogP contribution is -2.29. The monoisotopic (exact) mass is 301 g/mol. The zero-order valence-electron chi connectivity index (χ0n) is 11.2. The molecular weight excluding hydrogens is 286 g/mol. The van der Waals surface area contributed by atoms with Gasteiger partial charge in [-0.05, 0) is 26.0 Å². The molecule has 104 valence electrons. The summed E-state index contributed by atoms with van der Waals surface area (Å²) in [5.74, 6) is 0.197. The van der Waals surface area contributed by atoms with Gasteiger partial charge in [-0.15, -0.1) is 21.5 Å². The maximum Gasteiger partial charge on any atom is 0.195 e. The molecule has 7 nitrogen and oxygen atoms in total. The van der Waals surface area contributed by atoms with Crippen molar-refractivity contribution in [2.75, 3.05) is 6.26 Å². The topological polar surface area (TPSA) is 90.6 Å².